The number of thiophene rings is 1. The molecule has 0 spiro atoms. The third-order valence-corrected chi connectivity index (χ3v) is 6.56. The third kappa shape index (κ3) is 3.12. The van der Waals surface area contributed by atoms with Crippen molar-refractivity contribution in [3.63, 3.8) is 0 Å². The summed E-state index contributed by atoms with van der Waals surface area (Å²) in [6.45, 7) is 0. The van der Waals surface area contributed by atoms with Gasteiger partial charge in [-0.2, -0.15) is 0 Å². The van der Waals surface area contributed by atoms with Crippen LogP contribution in [-0.2, 0) is 21.2 Å². The Hall–Kier alpha value is -1.38. The average Bonchev–Trinajstić information content (AvgIpc) is 2.86. The zero-order valence-electron chi connectivity index (χ0n) is 10.7. The van der Waals surface area contributed by atoms with E-state index in [0.29, 0.717) is 18.5 Å². The Morgan fingerprint density at radius 1 is 1.19 bits per heavy atom. The molecule has 5 nitrogen and oxygen atoms in total. The molecule has 0 bridgehead atoms. The number of amides is 1. The number of halogens is 1. The summed E-state index contributed by atoms with van der Waals surface area (Å²) in [6.07, 6.45) is 1.03. The number of benzene rings is 1. The molecule has 1 amide bonds. The largest absolute Gasteiger partial charge is 0.326 e. The van der Waals surface area contributed by atoms with Crippen LogP contribution in [0.5, 0.6) is 0 Å². The standard InChI is InChI=1S/C13H11BrN2O3S2/c14-11-4-6-13(20-11)21(18,19)16-9-2-3-10-8(7-9)1-5-12(17)15-10/h2-4,6-7,16H,1,5H2,(H,15,17). The van der Waals surface area contributed by atoms with Gasteiger partial charge in [-0.3, -0.25) is 9.52 Å². The Kier molecular flexibility index (Phi) is 3.76. The zero-order valence-corrected chi connectivity index (χ0v) is 13.9. The molecule has 1 aliphatic heterocycles. The van der Waals surface area contributed by atoms with Crippen LogP contribution in [0, 0.1) is 0 Å². The Labute approximate surface area is 134 Å². The van der Waals surface area contributed by atoms with Crippen LogP contribution in [-0.4, -0.2) is 14.3 Å². The molecule has 0 radical (unpaired) electrons. The summed E-state index contributed by atoms with van der Waals surface area (Å²) in [7, 11) is -3.58. The molecule has 2 aromatic rings. The van der Waals surface area contributed by atoms with Crippen molar-refractivity contribution < 1.29 is 13.2 Å². The van der Waals surface area contributed by atoms with Crippen molar-refractivity contribution in [3.05, 3.63) is 39.7 Å². The van der Waals surface area contributed by atoms with Gasteiger partial charge < -0.3 is 5.32 Å². The van der Waals surface area contributed by atoms with Gasteiger partial charge in [0.05, 0.1) is 3.79 Å². The van der Waals surface area contributed by atoms with Crippen molar-refractivity contribution >= 4 is 54.6 Å². The number of aryl methyl sites for hydroxylation is 1. The van der Waals surface area contributed by atoms with E-state index >= 15 is 0 Å². The van der Waals surface area contributed by atoms with Crippen molar-refractivity contribution in [1.29, 1.82) is 0 Å². The molecule has 3 rings (SSSR count). The maximum absolute atomic E-state index is 12.2. The highest BCUT2D eigenvalue weighted by Crippen LogP contribution is 2.30. The molecule has 0 saturated heterocycles. The van der Waals surface area contributed by atoms with Crippen LogP contribution >= 0.6 is 27.3 Å². The lowest BCUT2D eigenvalue weighted by atomic mass is 10.0. The molecule has 0 aliphatic carbocycles. The second kappa shape index (κ2) is 5.43. The van der Waals surface area contributed by atoms with Crippen LogP contribution in [0.2, 0.25) is 0 Å². The zero-order chi connectivity index (χ0) is 15.0. The molecule has 1 aliphatic rings. The maximum Gasteiger partial charge on any atom is 0.271 e. The summed E-state index contributed by atoms with van der Waals surface area (Å²) >= 11 is 4.40. The second-order valence-corrected chi connectivity index (χ2v) is 8.96. The highest BCUT2D eigenvalue weighted by molar-refractivity contribution is 9.11. The smallest absolute Gasteiger partial charge is 0.271 e. The van der Waals surface area contributed by atoms with Gasteiger partial charge in [0.15, 0.2) is 0 Å². The van der Waals surface area contributed by atoms with E-state index in [-0.39, 0.29) is 10.1 Å². The van der Waals surface area contributed by atoms with Gasteiger partial charge in [0.2, 0.25) is 5.91 Å². The molecular weight excluding hydrogens is 376 g/mol. The quantitative estimate of drug-likeness (QED) is 0.850. The molecule has 2 heterocycles. The molecule has 21 heavy (non-hydrogen) atoms. The van der Waals surface area contributed by atoms with Gasteiger partial charge in [0.1, 0.15) is 4.21 Å². The molecule has 8 heteroatoms. The number of carbonyl (C=O) groups is 1. The van der Waals surface area contributed by atoms with E-state index in [1.54, 1.807) is 30.3 Å². The number of sulfonamides is 1. The van der Waals surface area contributed by atoms with Gasteiger partial charge in [-0.1, -0.05) is 0 Å². The fourth-order valence-electron chi connectivity index (χ4n) is 2.09. The Morgan fingerprint density at radius 2 is 2.00 bits per heavy atom. The summed E-state index contributed by atoms with van der Waals surface area (Å²) < 4.78 is 28.1. The van der Waals surface area contributed by atoms with Crippen molar-refractivity contribution in [2.75, 3.05) is 10.0 Å². The van der Waals surface area contributed by atoms with Crippen LogP contribution in [0.25, 0.3) is 0 Å². The first-order valence-corrected chi connectivity index (χ1v) is 9.24. The summed E-state index contributed by atoms with van der Waals surface area (Å²) in [6, 6.07) is 8.37. The molecule has 0 unspecified atom stereocenters. The summed E-state index contributed by atoms with van der Waals surface area (Å²) in [5.41, 5.74) is 2.17. The van der Waals surface area contributed by atoms with Crippen LogP contribution in [0.15, 0.2) is 38.3 Å². The maximum atomic E-state index is 12.2. The number of anilines is 2. The predicted octanol–water partition coefficient (Wildman–Crippen LogP) is 3.20. The first kappa shape index (κ1) is 14.6. The minimum Gasteiger partial charge on any atom is -0.326 e. The van der Waals surface area contributed by atoms with Gasteiger partial charge in [0, 0.05) is 17.8 Å². The normalized spacial score (nSPS) is 14.4. The fourth-order valence-corrected chi connectivity index (χ4v) is 5.15. The van der Waals surface area contributed by atoms with Gasteiger partial charge >= 0.3 is 0 Å². The highest BCUT2D eigenvalue weighted by Gasteiger charge is 2.19. The minimum atomic E-state index is -3.58. The van der Waals surface area contributed by atoms with Gasteiger partial charge in [-0.05, 0) is 58.2 Å². The number of hydrogen-bond acceptors (Lipinski definition) is 4. The molecule has 110 valence electrons. The van der Waals surface area contributed by atoms with Gasteiger partial charge in [-0.15, -0.1) is 11.3 Å². The lowest BCUT2D eigenvalue weighted by molar-refractivity contribution is -0.116. The van der Waals surface area contributed by atoms with Crippen LogP contribution in [0.4, 0.5) is 11.4 Å². The van der Waals surface area contributed by atoms with E-state index in [2.05, 4.69) is 26.0 Å². The first-order chi connectivity index (χ1) is 9.94. The van der Waals surface area contributed by atoms with Crippen LogP contribution in [0.3, 0.4) is 0 Å². The molecule has 1 aromatic carbocycles. The van der Waals surface area contributed by atoms with E-state index in [1.165, 1.54) is 0 Å². The van der Waals surface area contributed by atoms with E-state index in [4.69, 9.17) is 0 Å². The van der Waals surface area contributed by atoms with Crippen molar-refractivity contribution in [2.45, 2.75) is 17.1 Å². The molecular formula is C13H11BrN2O3S2. The topological polar surface area (TPSA) is 75.3 Å². The lowest BCUT2D eigenvalue weighted by Gasteiger charge is -2.17. The summed E-state index contributed by atoms with van der Waals surface area (Å²) in [4.78, 5) is 11.3. The third-order valence-electron chi connectivity index (χ3n) is 3.07. The number of fused-ring (bicyclic) bond motifs is 1. The molecule has 0 atom stereocenters. The Morgan fingerprint density at radius 3 is 2.71 bits per heavy atom. The van der Waals surface area contributed by atoms with Gasteiger partial charge in [0.25, 0.3) is 10.0 Å². The van der Waals surface area contributed by atoms with E-state index < -0.39 is 10.0 Å². The Balaban J connectivity index is 1.87. The van der Waals surface area contributed by atoms with Crippen LogP contribution in [0.1, 0.15) is 12.0 Å². The number of nitrogens with one attached hydrogen (secondary N) is 2. The van der Waals surface area contributed by atoms with E-state index in [1.807, 2.05) is 0 Å². The second-order valence-electron chi connectivity index (χ2n) is 4.58. The lowest BCUT2D eigenvalue weighted by Crippen LogP contribution is -2.19. The average molecular weight is 387 g/mol. The number of rotatable bonds is 3. The van der Waals surface area contributed by atoms with Crippen molar-refractivity contribution in [1.82, 2.24) is 0 Å². The monoisotopic (exact) mass is 386 g/mol. The van der Waals surface area contributed by atoms with Crippen LogP contribution < -0.4 is 10.0 Å². The molecule has 0 fully saturated rings. The minimum absolute atomic E-state index is 0.0146. The Bertz CT molecular complexity index is 815. The van der Waals surface area contributed by atoms with Crippen molar-refractivity contribution in [3.8, 4) is 0 Å². The first-order valence-electron chi connectivity index (χ1n) is 6.15. The fraction of sp³-hybridized carbons (Fsp3) is 0.154. The SMILES string of the molecule is O=C1CCc2cc(NS(=O)(=O)c3ccc(Br)s3)ccc2N1. The van der Waals surface area contributed by atoms with Crippen molar-refractivity contribution in [2.24, 2.45) is 0 Å². The number of hydrogen-bond donors (Lipinski definition) is 2. The molecule has 2 N–H and O–H groups in total. The summed E-state index contributed by atoms with van der Waals surface area (Å²) in [5.74, 6) is -0.0146. The van der Waals surface area contributed by atoms with E-state index in [0.717, 1.165) is 26.4 Å². The van der Waals surface area contributed by atoms with Gasteiger partial charge in [-0.25, -0.2) is 8.42 Å². The number of carbonyl (C=O) groups excluding carboxylic acids is 1. The molecule has 0 saturated carbocycles. The predicted molar refractivity (Wildman–Crippen MR) is 86.2 cm³/mol. The summed E-state index contributed by atoms with van der Waals surface area (Å²) in [5, 5.41) is 2.76. The highest BCUT2D eigenvalue weighted by atomic mass is 79.9. The van der Waals surface area contributed by atoms with E-state index in [9.17, 15) is 13.2 Å². The molecule has 1 aromatic heterocycles.